The minimum absolute atomic E-state index is 0.185. The molecule has 0 bridgehead atoms. The van der Waals surface area contributed by atoms with Crippen molar-refractivity contribution >= 4 is 12.2 Å². The fourth-order valence-electron chi connectivity index (χ4n) is 12.1. The lowest BCUT2D eigenvalue weighted by Crippen LogP contribution is -2.47. The van der Waals surface area contributed by atoms with Gasteiger partial charge in [0.2, 0.25) is 0 Å². The molecule has 10 rings (SSSR count). The van der Waals surface area contributed by atoms with Crippen LogP contribution in [0.4, 0.5) is 4.39 Å². The molecule has 4 heteroatoms. The molecule has 0 spiro atoms. The third-order valence-corrected chi connectivity index (χ3v) is 14.1. The Morgan fingerprint density at radius 2 is 1.73 bits per heavy atom. The Balaban J connectivity index is 1.07. The number of hydrogen-bond donors (Lipinski definition) is 0. The van der Waals surface area contributed by atoms with Gasteiger partial charge in [0.05, 0.1) is 6.04 Å². The standard InChI is InChI=1S/C45H51FN2O/c1-45(2)37-13-6-3-10-32(37)35-26-30(22-24-38(35)45)47(41-15-9-17-43-44(41)34-12-5-8-16-42(34)49-43)31-23-25-40-36(27-31)33-11-4-7-14-39(33)48(40)29-20-18-28(46)19-21-29/h5,7,12,14-15,18-21,23-25,30-32,34-35,37,42H,3-4,6,8-11,13,16-17,22,26-27H2,1-2H3. The molecule has 0 radical (unpaired) electrons. The molecule has 2 heterocycles. The summed E-state index contributed by atoms with van der Waals surface area (Å²) in [7, 11) is 0. The normalized spacial score (nSPS) is 33.4. The van der Waals surface area contributed by atoms with E-state index in [9.17, 15) is 4.39 Å². The largest absolute Gasteiger partial charge is 0.493 e. The number of fused-ring (bicyclic) bond motifs is 8. The average Bonchev–Trinajstić information content (AvgIpc) is 3.75. The number of rotatable bonds is 4. The molecule has 1 aliphatic heterocycles. The fraction of sp³-hybridized carbons (Fsp3) is 0.511. The van der Waals surface area contributed by atoms with Gasteiger partial charge in [0.15, 0.2) is 0 Å². The average molecular weight is 655 g/mol. The number of hydrogen-bond acceptors (Lipinski definition) is 2. The predicted octanol–water partition coefficient (Wildman–Crippen LogP) is 10.7. The van der Waals surface area contributed by atoms with Crippen molar-refractivity contribution in [2.45, 2.75) is 116 Å². The van der Waals surface area contributed by atoms with Crippen molar-refractivity contribution in [3.05, 3.63) is 112 Å². The van der Waals surface area contributed by atoms with E-state index in [0.29, 0.717) is 29.4 Å². The first-order valence-electron chi connectivity index (χ1n) is 19.6. The van der Waals surface area contributed by atoms with Crippen LogP contribution in [0, 0.1) is 34.9 Å². The highest BCUT2D eigenvalue weighted by atomic mass is 19.1. The topological polar surface area (TPSA) is 17.4 Å². The number of aromatic nitrogens is 1. The van der Waals surface area contributed by atoms with Crippen molar-refractivity contribution in [1.82, 2.24) is 9.47 Å². The minimum Gasteiger partial charge on any atom is -0.493 e. The Morgan fingerprint density at radius 1 is 0.878 bits per heavy atom. The van der Waals surface area contributed by atoms with E-state index in [2.05, 4.69) is 71.9 Å². The van der Waals surface area contributed by atoms with E-state index in [1.165, 1.54) is 71.6 Å². The third-order valence-electron chi connectivity index (χ3n) is 14.1. The molecule has 1 aromatic heterocycles. The summed E-state index contributed by atoms with van der Waals surface area (Å²) in [6.07, 6.45) is 35.6. The van der Waals surface area contributed by atoms with Crippen LogP contribution >= 0.6 is 0 Å². The van der Waals surface area contributed by atoms with Gasteiger partial charge >= 0.3 is 0 Å². The van der Waals surface area contributed by atoms with Crippen molar-refractivity contribution < 1.29 is 9.13 Å². The maximum absolute atomic E-state index is 14.0. The maximum Gasteiger partial charge on any atom is 0.123 e. The number of benzene rings is 1. The quantitative estimate of drug-likeness (QED) is 0.305. The molecule has 8 aliphatic rings. The molecule has 0 saturated heterocycles. The first-order chi connectivity index (χ1) is 24.0. The first kappa shape index (κ1) is 30.3. The Hall–Kier alpha value is -3.53. The Morgan fingerprint density at radius 3 is 2.63 bits per heavy atom. The zero-order valence-electron chi connectivity index (χ0n) is 29.3. The first-order valence-corrected chi connectivity index (χ1v) is 19.6. The summed E-state index contributed by atoms with van der Waals surface area (Å²) >= 11 is 0. The smallest absolute Gasteiger partial charge is 0.123 e. The number of nitrogens with zero attached hydrogens (tertiary/aromatic N) is 2. The second-order valence-corrected chi connectivity index (χ2v) is 16.8. The van der Waals surface area contributed by atoms with E-state index in [4.69, 9.17) is 4.74 Å². The van der Waals surface area contributed by atoms with E-state index in [1.807, 2.05) is 12.1 Å². The van der Waals surface area contributed by atoms with E-state index in [0.717, 1.165) is 68.9 Å². The molecule has 7 atom stereocenters. The van der Waals surface area contributed by atoms with Gasteiger partial charge in [0, 0.05) is 46.7 Å². The molecule has 2 aromatic rings. The van der Waals surface area contributed by atoms with Gasteiger partial charge in [-0.2, -0.15) is 0 Å². The monoisotopic (exact) mass is 654 g/mol. The van der Waals surface area contributed by atoms with Gasteiger partial charge in [-0.15, -0.1) is 0 Å². The van der Waals surface area contributed by atoms with Crippen LogP contribution in [0.3, 0.4) is 0 Å². The number of ether oxygens (including phenoxy) is 1. The molecule has 49 heavy (non-hydrogen) atoms. The van der Waals surface area contributed by atoms with E-state index in [-0.39, 0.29) is 11.9 Å². The molecule has 1 aromatic carbocycles. The van der Waals surface area contributed by atoms with E-state index < -0.39 is 0 Å². The van der Waals surface area contributed by atoms with Crippen LogP contribution in [0.15, 0.2) is 83.3 Å². The van der Waals surface area contributed by atoms with E-state index >= 15 is 0 Å². The predicted molar refractivity (Wildman–Crippen MR) is 196 cm³/mol. The SMILES string of the molecule is CC1(C)C2=CCC(N(C3=CCCC4=C3C3C=CCCC3O4)C3C=Cc4c(c5c(n4-c4ccc(F)cc4)C=CCC5)C3)CC2C2CCCCC21. The highest BCUT2D eigenvalue weighted by molar-refractivity contribution is 5.70. The van der Waals surface area contributed by atoms with Gasteiger partial charge in [-0.3, -0.25) is 0 Å². The Kier molecular flexibility index (Phi) is 7.11. The van der Waals surface area contributed by atoms with Gasteiger partial charge in [-0.05, 0) is 135 Å². The van der Waals surface area contributed by atoms with Gasteiger partial charge in [0.1, 0.15) is 17.7 Å². The second kappa shape index (κ2) is 11.5. The van der Waals surface area contributed by atoms with Crippen LogP contribution in [0.2, 0.25) is 0 Å². The van der Waals surface area contributed by atoms with Crippen LogP contribution < -0.4 is 0 Å². The molecular formula is C45H51FN2O. The summed E-state index contributed by atoms with van der Waals surface area (Å²) in [6.45, 7) is 5.14. The number of allylic oxidation sites excluding steroid dienone is 6. The summed E-state index contributed by atoms with van der Waals surface area (Å²) in [5.41, 5.74) is 11.7. The molecule has 2 saturated carbocycles. The fourth-order valence-corrected chi connectivity index (χ4v) is 12.1. The highest BCUT2D eigenvalue weighted by Crippen LogP contribution is 2.62. The zero-order valence-corrected chi connectivity index (χ0v) is 29.3. The maximum atomic E-state index is 14.0. The molecule has 3 nitrogen and oxygen atoms in total. The lowest BCUT2D eigenvalue weighted by atomic mass is 9.70. The van der Waals surface area contributed by atoms with Crippen LogP contribution in [0.1, 0.15) is 107 Å². The van der Waals surface area contributed by atoms with Crippen LogP contribution in [-0.4, -0.2) is 27.7 Å². The molecule has 254 valence electrons. The molecule has 0 N–H and O–H groups in total. The van der Waals surface area contributed by atoms with Crippen molar-refractivity contribution in [1.29, 1.82) is 0 Å². The van der Waals surface area contributed by atoms with Crippen LogP contribution in [-0.2, 0) is 17.6 Å². The van der Waals surface area contributed by atoms with Gasteiger partial charge in [-0.25, -0.2) is 4.39 Å². The van der Waals surface area contributed by atoms with Crippen molar-refractivity contribution in [2.75, 3.05) is 0 Å². The van der Waals surface area contributed by atoms with Crippen LogP contribution in [0.25, 0.3) is 17.8 Å². The van der Waals surface area contributed by atoms with E-state index in [1.54, 1.807) is 17.7 Å². The van der Waals surface area contributed by atoms with Gasteiger partial charge in [0.25, 0.3) is 0 Å². The lowest BCUT2D eigenvalue weighted by Gasteiger charge is -2.46. The molecule has 2 fully saturated rings. The molecule has 7 unspecified atom stereocenters. The third kappa shape index (κ3) is 4.64. The van der Waals surface area contributed by atoms with Crippen molar-refractivity contribution in [2.24, 2.45) is 29.1 Å². The molecule has 0 amide bonds. The van der Waals surface area contributed by atoms with Crippen LogP contribution in [0.5, 0.6) is 0 Å². The molecule has 7 aliphatic carbocycles. The Labute approximate surface area is 292 Å². The summed E-state index contributed by atoms with van der Waals surface area (Å²) in [4.78, 5) is 2.93. The molecular weight excluding hydrogens is 604 g/mol. The number of halogens is 1. The zero-order chi connectivity index (χ0) is 32.9. The minimum atomic E-state index is -0.185. The second-order valence-electron chi connectivity index (χ2n) is 16.8. The lowest BCUT2D eigenvalue weighted by molar-refractivity contribution is 0.108. The Bertz CT molecular complexity index is 1860. The van der Waals surface area contributed by atoms with Crippen molar-refractivity contribution in [3.63, 3.8) is 0 Å². The highest BCUT2D eigenvalue weighted by Gasteiger charge is 2.54. The summed E-state index contributed by atoms with van der Waals surface area (Å²) < 4.78 is 23.2. The van der Waals surface area contributed by atoms with Gasteiger partial charge in [-0.1, -0.05) is 68.7 Å². The van der Waals surface area contributed by atoms with Gasteiger partial charge < -0.3 is 14.2 Å². The summed E-state index contributed by atoms with van der Waals surface area (Å²) in [5.74, 6) is 3.86. The van der Waals surface area contributed by atoms with Crippen molar-refractivity contribution in [3.8, 4) is 5.69 Å². The summed E-state index contributed by atoms with van der Waals surface area (Å²) in [5, 5.41) is 0. The summed E-state index contributed by atoms with van der Waals surface area (Å²) in [6, 6.07) is 7.83.